The summed E-state index contributed by atoms with van der Waals surface area (Å²) in [4.78, 5) is 0. The molecule has 0 saturated heterocycles. The Morgan fingerprint density at radius 1 is 1.55 bits per heavy atom. The minimum absolute atomic E-state index is 0.406. The van der Waals surface area contributed by atoms with E-state index in [1.54, 1.807) is 0 Å². The molecule has 11 heavy (non-hydrogen) atoms. The van der Waals surface area contributed by atoms with Gasteiger partial charge in [0.1, 0.15) is 6.23 Å². The Bertz CT molecular complexity index is 240. The van der Waals surface area contributed by atoms with E-state index < -0.39 is 6.23 Å². The Balaban J connectivity index is 2.36. The van der Waals surface area contributed by atoms with Crippen molar-refractivity contribution in [3.05, 3.63) is 22.9 Å². The normalized spacial score (nSPS) is 29.6. The van der Waals surface area contributed by atoms with Crippen molar-refractivity contribution in [1.82, 2.24) is 5.32 Å². The summed E-state index contributed by atoms with van der Waals surface area (Å²) >= 11 is 0. The second kappa shape index (κ2) is 2.38. The van der Waals surface area contributed by atoms with Crippen LogP contribution in [-0.4, -0.2) is 11.3 Å². The minimum Gasteiger partial charge on any atom is -0.370 e. The Hall–Kier alpha value is -0.760. The second-order valence-corrected chi connectivity index (χ2v) is 3.25. The van der Waals surface area contributed by atoms with Crippen molar-refractivity contribution in [2.75, 3.05) is 0 Å². The maximum atomic E-state index is 9.48. The van der Waals surface area contributed by atoms with E-state index in [2.05, 4.69) is 12.2 Å². The third-order valence-electron chi connectivity index (χ3n) is 2.52. The van der Waals surface area contributed by atoms with E-state index in [0.717, 1.165) is 12.8 Å². The number of allylic oxidation sites excluding steroid dienone is 2. The maximum absolute atomic E-state index is 9.48. The molecule has 1 aliphatic heterocycles. The molecule has 1 heterocycles. The highest BCUT2D eigenvalue weighted by Crippen LogP contribution is 2.34. The van der Waals surface area contributed by atoms with Crippen LogP contribution >= 0.6 is 0 Å². The van der Waals surface area contributed by atoms with Crippen LogP contribution in [-0.2, 0) is 0 Å². The highest BCUT2D eigenvalue weighted by Gasteiger charge is 2.23. The molecular weight excluding hydrogens is 138 g/mol. The molecule has 2 N–H and O–H groups in total. The summed E-state index contributed by atoms with van der Waals surface area (Å²) in [5.74, 6) is 0. The number of nitrogens with one attached hydrogen (secondary N) is 1. The fraction of sp³-hybridized carbons (Fsp3) is 0.556. The van der Waals surface area contributed by atoms with Crippen LogP contribution in [0.1, 0.15) is 26.2 Å². The molecule has 0 fully saturated rings. The lowest BCUT2D eigenvalue weighted by Gasteiger charge is -2.20. The predicted molar refractivity (Wildman–Crippen MR) is 43.8 cm³/mol. The predicted octanol–water partition coefficient (Wildman–Crippen LogP) is 1.29. The molecule has 2 heteroatoms. The number of hydrogen-bond donors (Lipinski definition) is 2. The quantitative estimate of drug-likeness (QED) is 0.547. The van der Waals surface area contributed by atoms with Crippen molar-refractivity contribution >= 4 is 0 Å². The van der Waals surface area contributed by atoms with Crippen molar-refractivity contribution in [1.29, 1.82) is 0 Å². The smallest absolute Gasteiger partial charge is 0.146 e. The van der Waals surface area contributed by atoms with Crippen LogP contribution in [0.15, 0.2) is 22.9 Å². The van der Waals surface area contributed by atoms with Crippen LogP contribution in [0.5, 0.6) is 0 Å². The molecule has 1 aliphatic carbocycles. The second-order valence-electron chi connectivity index (χ2n) is 3.25. The van der Waals surface area contributed by atoms with Crippen LogP contribution in [0.2, 0.25) is 0 Å². The van der Waals surface area contributed by atoms with Gasteiger partial charge >= 0.3 is 0 Å². The average Bonchev–Trinajstić information content (AvgIpc) is 2.45. The van der Waals surface area contributed by atoms with E-state index in [1.807, 2.05) is 6.20 Å². The van der Waals surface area contributed by atoms with Crippen LogP contribution in [0.25, 0.3) is 0 Å². The number of aliphatic hydroxyl groups is 1. The molecule has 0 aromatic heterocycles. The standard InChI is InChI=1S/C9H13NO/c1-6-5-10-9(11)8-4-2-3-7(6)8/h5,9-11H,2-4H2,1H3. The highest BCUT2D eigenvalue weighted by atomic mass is 16.3. The van der Waals surface area contributed by atoms with Gasteiger partial charge in [0, 0.05) is 6.20 Å². The van der Waals surface area contributed by atoms with Gasteiger partial charge in [0.25, 0.3) is 0 Å². The van der Waals surface area contributed by atoms with Crippen molar-refractivity contribution in [2.24, 2.45) is 0 Å². The summed E-state index contributed by atoms with van der Waals surface area (Å²) in [5, 5.41) is 12.4. The third-order valence-corrected chi connectivity index (χ3v) is 2.52. The fourth-order valence-corrected chi connectivity index (χ4v) is 1.91. The zero-order valence-corrected chi connectivity index (χ0v) is 6.72. The first-order valence-corrected chi connectivity index (χ1v) is 4.12. The first kappa shape index (κ1) is 6.92. The summed E-state index contributed by atoms with van der Waals surface area (Å²) < 4.78 is 0. The molecular formula is C9H13NO. The monoisotopic (exact) mass is 151 g/mol. The zero-order chi connectivity index (χ0) is 7.84. The van der Waals surface area contributed by atoms with E-state index >= 15 is 0 Å². The number of hydrogen-bond acceptors (Lipinski definition) is 2. The van der Waals surface area contributed by atoms with Crippen LogP contribution in [0.4, 0.5) is 0 Å². The van der Waals surface area contributed by atoms with Gasteiger partial charge in [-0.25, -0.2) is 0 Å². The topological polar surface area (TPSA) is 32.3 Å². The van der Waals surface area contributed by atoms with Gasteiger partial charge in [0.05, 0.1) is 0 Å². The van der Waals surface area contributed by atoms with Crippen molar-refractivity contribution in [3.8, 4) is 0 Å². The SMILES string of the molecule is CC1=CNC(O)C2=C1CCC2. The molecule has 1 unspecified atom stereocenters. The van der Waals surface area contributed by atoms with Crippen molar-refractivity contribution < 1.29 is 5.11 Å². The van der Waals surface area contributed by atoms with E-state index in [4.69, 9.17) is 0 Å². The largest absolute Gasteiger partial charge is 0.370 e. The molecule has 0 bridgehead atoms. The minimum atomic E-state index is -0.406. The van der Waals surface area contributed by atoms with Crippen molar-refractivity contribution in [2.45, 2.75) is 32.4 Å². The molecule has 0 aromatic rings. The molecule has 1 atom stereocenters. The Kier molecular flexibility index (Phi) is 1.50. The summed E-state index contributed by atoms with van der Waals surface area (Å²) in [6.45, 7) is 2.10. The van der Waals surface area contributed by atoms with Crippen LogP contribution in [0, 0.1) is 0 Å². The van der Waals surface area contributed by atoms with Gasteiger partial charge in [-0.1, -0.05) is 0 Å². The van der Waals surface area contributed by atoms with Crippen LogP contribution in [0.3, 0.4) is 0 Å². The Morgan fingerprint density at radius 2 is 2.36 bits per heavy atom. The number of dihydropyridines is 1. The van der Waals surface area contributed by atoms with Crippen LogP contribution < -0.4 is 5.32 Å². The first-order chi connectivity index (χ1) is 5.29. The lowest BCUT2D eigenvalue weighted by Crippen LogP contribution is -2.29. The van der Waals surface area contributed by atoms with E-state index in [1.165, 1.54) is 23.1 Å². The molecule has 0 saturated carbocycles. The molecule has 60 valence electrons. The van der Waals surface area contributed by atoms with E-state index in [9.17, 15) is 5.11 Å². The summed E-state index contributed by atoms with van der Waals surface area (Å²) in [5.41, 5.74) is 3.89. The lowest BCUT2D eigenvalue weighted by atomic mass is 10.0. The maximum Gasteiger partial charge on any atom is 0.146 e. The molecule has 2 rings (SSSR count). The Labute approximate surface area is 66.6 Å². The van der Waals surface area contributed by atoms with Gasteiger partial charge in [0.2, 0.25) is 0 Å². The van der Waals surface area contributed by atoms with Gasteiger partial charge < -0.3 is 10.4 Å². The number of rotatable bonds is 0. The zero-order valence-electron chi connectivity index (χ0n) is 6.72. The molecule has 0 radical (unpaired) electrons. The summed E-state index contributed by atoms with van der Waals surface area (Å²) in [7, 11) is 0. The van der Waals surface area contributed by atoms with Gasteiger partial charge in [0.15, 0.2) is 0 Å². The van der Waals surface area contributed by atoms with E-state index in [-0.39, 0.29) is 0 Å². The third kappa shape index (κ3) is 0.979. The molecule has 2 nitrogen and oxygen atoms in total. The van der Waals surface area contributed by atoms with Gasteiger partial charge in [-0.05, 0) is 42.9 Å². The number of aliphatic hydroxyl groups excluding tert-OH is 1. The summed E-state index contributed by atoms with van der Waals surface area (Å²) in [6.07, 6.45) is 4.92. The lowest BCUT2D eigenvalue weighted by molar-refractivity contribution is 0.184. The van der Waals surface area contributed by atoms with Crippen molar-refractivity contribution in [3.63, 3.8) is 0 Å². The Morgan fingerprint density at radius 3 is 3.09 bits per heavy atom. The molecule has 0 aromatic carbocycles. The molecule has 0 amide bonds. The van der Waals surface area contributed by atoms with Gasteiger partial charge in [-0.2, -0.15) is 0 Å². The molecule has 2 aliphatic rings. The van der Waals surface area contributed by atoms with Gasteiger partial charge in [-0.3, -0.25) is 0 Å². The highest BCUT2D eigenvalue weighted by molar-refractivity contribution is 5.40. The molecule has 0 spiro atoms. The fourth-order valence-electron chi connectivity index (χ4n) is 1.91. The first-order valence-electron chi connectivity index (χ1n) is 4.12. The summed E-state index contributed by atoms with van der Waals surface area (Å²) in [6, 6.07) is 0. The van der Waals surface area contributed by atoms with E-state index in [0.29, 0.717) is 0 Å². The van der Waals surface area contributed by atoms with Gasteiger partial charge in [-0.15, -0.1) is 0 Å². The average molecular weight is 151 g/mol.